The van der Waals surface area contributed by atoms with Crippen molar-refractivity contribution < 1.29 is 0 Å². The molecule has 1 aliphatic carbocycles. The second-order valence-corrected chi connectivity index (χ2v) is 14.8. The van der Waals surface area contributed by atoms with Crippen molar-refractivity contribution in [1.82, 2.24) is 0 Å². The topological polar surface area (TPSA) is 26.0 Å². The highest BCUT2D eigenvalue weighted by molar-refractivity contribution is 7.17. The van der Waals surface area contributed by atoms with Gasteiger partial charge >= 0.3 is 0 Å². The standard InChI is InChI=1S/C9H23NSi2/c1-8(2)12(10,11)9-6-4-3-5-7-9/h8-9H,3-7,10H2,1-2,11H3. The molecule has 1 atom stereocenters. The maximum atomic E-state index is 6.53. The molecule has 0 aliphatic heterocycles. The van der Waals surface area contributed by atoms with Gasteiger partial charge in [-0.05, 0) is 11.1 Å². The predicted molar refractivity (Wildman–Crippen MR) is 61.8 cm³/mol. The van der Waals surface area contributed by atoms with Crippen LogP contribution in [0.4, 0.5) is 0 Å². The Hall–Kier alpha value is 0.394. The molecule has 0 saturated heterocycles. The normalized spacial score (nSPS) is 26.0. The average Bonchev–Trinajstić information content (AvgIpc) is 2.06. The molecule has 0 bridgehead atoms. The predicted octanol–water partition coefficient (Wildman–Crippen LogP) is 1.50. The monoisotopic (exact) mass is 201 g/mol. The van der Waals surface area contributed by atoms with Crippen molar-refractivity contribution in [2.45, 2.75) is 57.0 Å². The lowest BCUT2D eigenvalue weighted by Gasteiger charge is -2.38. The minimum Gasteiger partial charge on any atom is -0.353 e. The summed E-state index contributed by atoms with van der Waals surface area (Å²) >= 11 is 0. The Bertz CT molecular complexity index is 139. The van der Waals surface area contributed by atoms with Crippen LogP contribution >= 0.6 is 0 Å². The van der Waals surface area contributed by atoms with E-state index in [0.29, 0.717) is 0 Å². The summed E-state index contributed by atoms with van der Waals surface area (Å²) in [6.07, 6.45) is 7.26. The van der Waals surface area contributed by atoms with Crippen molar-refractivity contribution in [2.24, 2.45) is 5.40 Å². The van der Waals surface area contributed by atoms with Gasteiger partial charge in [-0.25, -0.2) is 0 Å². The van der Waals surface area contributed by atoms with Crippen LogP contribution in [0.3, 0.4) is 0 Å². The molecule has 0 spiro atoms. The van der Waals surface area contributed by atoms with Gasteiger partial charge in [0.05, 0.1) is 0 Å². The molecule has 0 radical (unpaired) electrons. The molecule has 1 rings (SSSR count). The first-order valence-electron chi connectivity index (χ1n) is 5.34. The van der Waals surface area contributed by atoms with E-state index in [0.717, 1.165) is 11.1 Å². The van der Waals surface area contributed by atoms with Crippen molar-refractivity contribution in [1.29, 1.82) is 0 Å². The summed E-state index contributed by atoms with van der Waals surface area (Å²) in [7, 11) is 0.0494. The van der Waals surface area contributed by atoms with Crippen molar-refractivity contribution in [2.75, 3.05) is 0 Å². The van der Waals surface area contributed by atoms with Crippen molar-refractivity contribution >= 4 is 17.5 Å². The number of hydrogen-bond donors (Lipinski definition) is 1. The molecule has 0 aromatic heterocycles. The lowest BCUT2D eigenvalue weighted by Crippen LogP contribution is -2.54. The van der Waals surface area contributed by atoms with Crippen LogP contribution < -0.4 is 5.40 Å². The van der Waals surface area contributed by atoms with Gasteiger partial charge in [0.2, 0.25) is 0 Å². The van der Waals surface area contributed by atoms with Crippen molar-refractivity contribution in [3.63, 3.8) is 0 Å². The molecule has 0 heterocycles. The molecule has 1 nitrogen and oxygen atoms in total. The van der Waals surface area contributed by atoms with E-state index in [-0.39, 0.29) is 0 Å². The fraction of sp³-hybridized carbons (Fsp3) is 1.00. The Morgan fingerprint density at radius 2 is 1.75 bits per heavy atom. The third-order valence-corrected chi connectivity index (χ3v) is 14.5. The molecule has 1 aliphatic rings. The molecular formula is C9H23NSi2. The van der Waals surface area contributed by atoms with Gasteiger partial charge in [-0.15, -0.1) is 0 Å². The zero-order valence-electron chi connectivity index (χ0n) is 8.77. The summed E-state index contributed by atoms with van der Waals surface area (Å²) in [5.41, 5.74) is 1.78. The SMILES string of the molecule is CC(C)[Si](N)([SiH3])C1CCCCC1. The highest BCUT2D eigenvalue weighted by Crippen LogP contribution is 2.37. The van der Waals surface area contributed by atoms with Crippen LogP contribution in [0, 0.1) is 0 Å². The molecule has 1 fully saturated rings. The fourth-order valence-corrected chi connectivity index (χ4v) is 6.52. The summed E-state index contributed by atoms with van der Waals surface area (Å²) in [6, 6.07) is 0. The number of rotatable bonds is 2. The minimum absolute atomic E-state index is 0.812. The second kappa shape index (κ2) is 4.07. The summed E-state index contributed by atoms with van der Waals surface area (Å²) < 4.78 is 0. The van der Waals surface area contributed by atoms with Crippen molar-refractivity contribution in [3.05, 3.63) is 0 Å². The highest BCUT2D eigenvalue weighted by Gasteiger charge is 2.35. The van der Waals surface area contributed by atoms with E-state index < -0.39 is 7.75 Å². The van der Waals surface area contributed by atoms with Gasteiger partial charge in [-0.3, -0.25) is 0 Å². The van der Waals surface area contributed by atoms with Gasteiger partial charge in [0.15, 0.2) is 0 Å². The van der Waals surface area contributed by atoms with Crippen molar-refractivity contribution in [3.8, 4) is 0 Å². The lowest BCUT2D eigenvalue weighted by atomic mass is 10.0. The van der Waals surface area contributed by atoms with Gasteiger partial charge in [0.1, 0.15) is 7.75 Å². The average molecular weight is 201 g/mol. The summed E-state index contributed by atoms with van der Waals surface area (Å²) in [5, 5.41) is 6.53. The third-order valence-electron chi connectivity index (χ3n) is 3.73. The molecule has 0 aromatic carbocycles. The molecule has 3 heteroatoms. The maximum Gasteiger partial charge on any atom is 0.107 e. The van der Waals surface area contributed by atoms with E-state index in [4.69, 9.17) is 5.40 Å². The highest BCUT2D eigenvalue weighted by atomic mass is 29.2. The van der Waals surface area contributed by atoms with Crippen LogP contribution in [-0.2, 0) is 0 Å². The third kappa shape index (κ3) is 2.21. The molecule has 0 amide bonds. The zero-order valence-corrected chi connectivity index (χ0v) is 11.8. The Morgan fingerprint density at radius 3 is 2.17 bits per heavy atom. The number of hydrogen-bond acceptors (Lipinski definition) is 1. The first kappa shape index (κ1) is 10.5. The Morgan fingerprint density at radius 1 is 1.25 bits per heavy atom. The molecular weight excluding hydrogens is 178 g/mol. The summed E-state index contributed by atoms with van der Waals surface area (Å²) in [6.45, 7) is 4.68. The molecule has 2 N–H and O–H groups in total. The summed E-state index contributed by atoms with van der Waals surface area (Å²) in [5.74, 6) is 0. The van der Waals surface area contributed by atoms with Crippen LogP contribution in [0.25, 0.3) is 0 Å². The van der Waals surface area contributed by atoms with Gasteiger partial charge in [0.25, 0.3) is 0 Å². The van der Waals surface area contributed by atoms with Gasteiger partial charge in [0, 0.05) is 9.76 Å². The van der Waals surface area contributed by atoms with Gasteiger partial charge in [-0.1, -0.05) is 46.0 Å². The molecule has 1 unspecified atom stereocenters. The zero-order chi connectivity index (χ0) is 9.19. The molecule has 12 heavy (non-hydrogen) atoms. The Labute approximate surface area is 80.4 Å². The number of nitrogens with two attached hydrogens (primary N) is 1. The maximum absolute atomic E-state index is 6.53. The van der Waals surface area contributed by atoms with E-state index >= 15 is 0 Å². The summed E-state index contributed by atoms with van der Waals surface area (Å²) in [4.78, 5) is 0. The minimum atomic E-state index is -1.24. The van der Waals surface area contributed by atoms with E-state index in [2.05, 4.69) is 13.8 Å². The first-order valence-corrected chi connectivity index (χ1v) is 11.1. The van der Waals surface area contributed by atoms with E-state index in [1.54, 1.807) is 0 Å². The second-order valence-electron chi connectivity index (χ2n) is 4.86. The molecule has 0 aromatic rings. The smallest absolute Gasteiger partial charge is 0.107 e. The fourth-order valence-electron chi connectivity index (χ4n) is 2.20. The Balaban J connectivity index is 2.53. The largest absolute Gasteiger partial charge is 0.353 e. The van der Waals surface area contributed by atoms with Gasteiger partial charge in [-0.2, -0.15) is 0 Å². The van der Waals surface area contributed by atoms with E-state index in [1.807, 2.05) is 0 Å². The quantitative estimate of drug-likeness (QED) is 0.673. The van der Waals surface area contributed by atoms with E-state index in [1.165, 1.54) is 41.9 Å². The van der Waals surface area contributed by atoms with Crippen LogP contribution in [0.15, 0.2) is 0 Å². The van der Waals surface area contributed by atoms with Crippen LogP contribution in [0.5, 0.6) is 0 Å². The van der Waals surface area contributed by atoms with Crippen LogP contribution in [-0.4, -0.2) is 17.5 Å². The Kier molecular flexibility index (Phi) is 3.55. The molecule has 1 saturated carbocycles. The molecule has 72 valence electrons. The van der Waals surface area contributed by atoms with Crippen LogP contribution in [0.2, 0.25) is 11.1 Å². The lowest BCUT2D eigenvalue weighted by molar-refractivity contribution is 0.490. The first-order chi connectivity index (χ1) is 5.55. The van der Waals surface area contributed by atoms with Gasteiger partial charge < -0.3 is 5.40 Å². The van der Waals surface area contributed by atoms with E-state index in [9.17, 15) is 0 Å². The van der Waals surface area contributed by atoms with Crippen LogP contribution in [0.1, 0.15) is 46.0 Å².